The van der Waals surface area contributed by atoms with Crippen molar-refractivity contribution in [2.45, 2.75) is 52.1 Å². The van der Waals surface area contributed by atoms with Gasteiger partial charge in [-0.1, -0.05) is 32.4 Å². The summed E-state index contributed by atoms with van der Waals surface area (Å²) in [6.45, 7) is 4.21. The summed E-state index contributed by atoms with van der Waals surface area (Å²) in [4.78, 5) is 23.6. The lowest BCUT2D eigenvalue weighted by atomic mass is 10.00. The van der Waals surface area contributed by atoms with Gasteiger partial charge in [0, 0.05) is 30.6 Å². The molecule has 0 unspecified atom stereocenters. The number of carbonyl (C=O) groups excluding carboxylic acids is 2. The number of benzene rings is 1. The smallest absolute Gasteiger partial charge is 0.226 e. The molecule has 0 radical (unpaired) electrons. The Hall–Kier alpha value is -1.88. The minimum atomic E-state index is -0.0454. The van der Waals surface area contributed by atoms with Crippen LogP contribution in [0.15, 0.2) is 24.3 Å². The molecular weight excluding hydrogens is 290 g/mol. The van der Waals surface area contributed by atoms with Crippen molar-refractivity contribution in [3.05, 3.63) is 29.8 Å². The van der Waals surface area contributed by atoms with E-state index in [1.54, 1.807) is 0 Å². The van der Waals surface area contributed by atoms with E-state index in [0.717, 1.165) is 30.5 Å². The van der Waals surface area contributed by atoms with Gasteiger partial charge in [-0.05, 0) is 36.5 Å². The van der Waals surface area contributed by atoms with Crippen molar-refractivity contribution in [1.29, 1.82) is 0 Å². The highest BCUT2D eigenvalue weighted by Gasteiger charge is 2.25. The van der Waals surface area contributed by atoms with E-state index in [4.69, 9.17) is 5.73 Å². The van der Waals surface area contributed by atoms with E-state index >= 15 is 0 Å². The van der Waals surface area contributed by atoms with Gasteiger partial charge >= 0.3 is 0 Å². The zero-order valence-corrected chi connectivity index (χ0v) is 14.0. The zero-order chi connectivity index (χ0) is 16.8. The third-order valence-electron chi connectivity index (χ3n) is 4.40. The molecule has 0 spiro atoms. The maximum absolute atomic E-state index is 12.0. The van der Waals surface area contributed by atoms with Crippen molar-refractivity contribution >= 4 is 17.5 Å². The van der Waals surface area contributed by atoms with E-state index in [1.807, 2.05) is 38.1 Å². The van der Waals surface area contributed by atoms with Crippen LogP contribution in [0, 0.1) is 11.8 Å². The van der Waals surface area contributed by atoms with Crippen LogP contribution in [0.4, 0.5) is 5.69 Å². The normalized spacial score (nSPS) is 20.5. The first-order chi connectivity index (χ1) is 11.0. The van der Waals surface area contributed by atoms with Gasteiger partial charge in [-0.25, -0.2) is 0 Å². The van der Waals surface area contributed by atoms with Crippen LogP contribution in [-0.4, -0.2) is 17.9 Å². The fourth-order valence-electron chi connectivity index (χ4n) is 2.82. The number of nitrogens with two attached hydrogens (primary N) is 1. The Labute approximate surface area is 138 Å². The van der Waals surface area contributed by atoms with Crippen LogP contribution in [0.2, 0.25) is 0 Å². The maximum Gasteiger partial charge on any atom is 0.226 e. The second-order valence-electron chi connectivity index (χ2n) is 6.68. The van der Waals surface area contributed by atoms with Crippen molar-refractivity contribution in [1.82, 2.24) is 5.32 Å². The summed E-state index contributed by atoms with van der Waals surface area (Å²) in [5.74, 6) is 0.336. The predicted molar refractivity (Wildman–Crippen MR) is 91.7 cm³/mol. The monoisotopic (exact) mass is 317 g/mol. The Morgan fingerprint density at radius 3 is 2.48 bits per heavy atom. The van der Waals surface area contributed by atoms with Gasteiger partial charge in [0.1, 0.15) is 0 Å². The van der Waals surface area contributed by atoms with E-state index in [2.05, 4.69) is 10.6 Å². The number of anilines is 1. The molecule has 0 heterocycles. The van der Waals surface area contributed by atoms with E-state index in [1.165, 1.54) is 0 Å². The topological polar surface area (TPSA) is 84.2 Å². The predicted octanol–water partition coefficient (Wildman–Crippen LogP) is 2.41. The summed E-state index contributed by atoms with van der Waals surface area (Å²) in [5, 5.41) is 5.79. The highest BCUT2D eigenvalue weighted by Crippen LogP contribution is 2.26. The second-order valence-corrected chi connectivity index (χ2v) is 6.68. The average molecular weight is 317 g/mol. The number of hydrogen-bond donors (Lipinski definition) is 3. The summed E-state index contributed by atoms with van der Waals surface area (Å²) in [5.41, 5.74) is 7.78. The summed E-state index contributed by atoms with van der Waals surface area (Å²) < 4.78 is 0. The van der Waals surface area contributed by atoms with Crippen LogP contribution in [0.5, 0.6) is 0 Å². The molecule has 0 saturated heterocycles. The van der Waals surface area contributed by atoms with E-state index < -0.39 is 0 Å². The first kappa shape index (κ1) is 17.5. The molecule has 1 aromatic carbocycles. The van der Waals surface area contributed by atoms with Crippen LogP contribution in [0.3, 0.4) is 0 Å². The minimum absolute atomic E-state index is 0.000967. The Morgan fingerprint density at radius 2 is 1.91 bits per heavy atom. The molecule has 1 aliphatic carbocycles. The van der Waals surface area contributed by atoms with Gasteiger partial charge < -0.3 is 16.4 Å². The summed E-state index contributed by atoms with van der Waals surface area (Å²) in [6.07, 6.45) is 3.73. The first-order valence-corrected chi connectivity index (χ1v) is 8.38. The molecule has 0 aliphatic heterocycles. The van der Waals surface area contributed by atoms with Crippen molar-refractivity contribution in [3.8, 4) is 0 Å². The third kappa shape index (κ3) is 5.36. The quantitative estimate of drug-likeness (QED) is 0.753. The molecule has 23 heavy (non-hydrogen) atoms. The zero-order valence-electron chi connectivity index (χ0n) is 14.0. The van der Waals surface area contributed by atoms with Crippen LogP contribution in [0.25, 0.3) is 0 Å². The van der Waals surface area contributed by atoms with Crippen LogP contribution in [0.1, 0.15) is 45.1 Å². The Bertz CT molecular complexity index is 540. The molecular formula is C18H27N3O2. The molecule has 126 valence electrons. The number of amides is 2. The van der Waals surface area contributed by atoms with Crippen molar-refractivity contribution in [2.75, 3.05) is 5.32 Å². The fraction of sp³-hybridized carbons (Fsp3) is 0.556. The molecule has 1 saturated carbocycles. The largest absolute Gasteiger partial charge is 0.352 e. The van der Waals surface area contributed by atoms with Crippen LogP contribution < -0.4 is 16.4 Å². The molecule has 2 atom stereocenters. The van der Waals surface area contributed by atoms with Crippen molar-refractivity contribution < 1.29 is 9.59 Å². The number of nitrogens with one attached hydrogen (secondary N) is 2. The Balaban J connectivity index is 1.77. The average Bonchev–Trinajstić information content (AvgIpc) is 2.91. The maximum atomic E-state index is 12.0. The van der Waals surface area contributed by atoms with E-state index in [9.17, 15) is 9.59 Å². The summed E-state index contributed by atoms with van der Waals surface area (Å²) in [6, 6.07) is 7.71. The van der Waals surface area contributed by atoms with Gasteiger partial charge in [-0.2, -0.15) is 0 Å². The van der Waals surface area contributed by atoms with Gasteiger partial charge in [-0.15, -0.1) is 0 Å². The molecule has 0 bridgehead atoms. The molecule has 0 aromatic heterocycles. The lowest BCUT2D eigenvalue weighted by Crippen LogP contribution is -2.31. The van der Waals surface area contributed by atoms with Gasteiger partial charge in [0.25, 0.3) is 0 Å². The number of carbonyl (C=O) groups is 2. The molecule has 4 N–H and O–H groups in total. The van der Waals surface area contributed by atoms with Gasteiger partial charge in [0.15, 0.2) is 0 Å². The molecule has 5 nitrogen and oxygen atoms in total. The first-order valence-electron chi connectivity index (χ1n) is 8.38. The van der Waals surface area contributed by atoms with Gasteiger partial charge in [0.2, 0.25) is 11.8 Å². The number of rotatable bonds is 6. The van der Waals surface area contributed by atoms with E-state index in [0.29, 0.717) is 18.9 Å². The van der Waals surface area contributed by atoms with E-state index in [-0.39, 0.29) is 23.8 Å². The lowest BCUT2D eigenvalue weighted by Gasteiger charge is -2.15. The molecule has 1 aromatic rings. The van der Waals surface area contributed by atoms with Crippen LogP contribution >= 0.6 is 0 Å². The molecule has 5 heteroatoms. The van der Waals surface area contributed by atoms with Crippen molar-refractivity contribution in [3.63, 3.8) is 0 Å². The molecule has 2 amide bonds. The highest BCUT2D eigenvalue weighted by molar-refractivity contribution is 5.92. The Morgan fingerprint density at radius 1 is 1.22 bits per heavy atom. The van der Waals surface area contributed by atoms with Gasteiger partial charge in [0.05, 0.1) is 0 Å². The molecule has 1 aliphatic rings. The lowest BCUT2D eigenvalue weighted by molar-refractivity contribution is -0.122. The second kappa shape index (κ2) is 8.11. The van der Waals surface area contributed by atoms with Crippen molar-refractivity contribution in [2.24, 2.45) is 17.6 Å². The minimum Gasteiger partial charge on any atom is -0.352 e. The highest BCUT2D eigenvalue weighted by atomic mass is 16.2. The molecule has 1 fully saturated rings. The van der Waals surface area contributed by atoms with Gasteiger partial charge in [-0.3, -0.25) is 9.59 Å². The summed E-state index contributed by atoms with van der Waals surface area (Å²) in [7, 11) is 0. The molecule has 2 rings (SSSR count). The standard InChI is InChI=1S/C18H27N3O2/c1-12(2)18(23)21-15-8-6-13(7-9-15)11-20-17(22)10-14-4-3-5-16(14)19/h6-9,12,14,16H,3-5,10-11,19H2,1-2H3,(H,20,22)(H,21,23)/t14-,16+/m0/s1. The fourth-order valence-corrected chi connectivity index (χ4v) is 2.82. The third-order valence-corrected chi connectivity index (χ3v) is 4.40. The Kier molecular flexibility index (Phi) is 6.16. The van der Waals surface area contributed by atoms with Crippen LogP contribution in [-0.2, 0) is 16.1 Å². The number of hydrogen-bond acceptors (Lipinski definition) is 3. The summed E-state index contributed by atoms with van der Waals surface area (Å²) >= 11 is 0. The SMILES string of the molecule is CC(C)C(=O)Nc1ccc(CNC(=O)C[C@@H]2CCC[C@H]2N)cc1.